The number of pyridine rings is 1. The molecule has 174 valence electrons. The number of carbonyl (C=O) groups excluding carboxylic acids is 1. The minimum Gasteiger partial charge on any atom is -0.464 e. The van der Waals surface area contributed by atoms with Gasteiger partial charge in [0.1, 0.15) is 18.4 Å². The van der Waals surface area contributed by atoms with Crippen molar-refractivity contribution in [1.82, 2.24) is 24.6 Å². The second-order valence-electron chi connectivity index (χ2n) is 7.70. The second kappa shape index (κ2) is 8.59. The van der Waals surface area contributed by atoms with E-state index >= 15 is 0 Å². The maximum absolute atomic E-state index is 13.1. The molecule has 4 heterocycles. The Hall–Kier alpha value is -4.26. The largest absolute Gasteiger partial charge is 0.464 e. The summed E-state index contributed by atoms with van der Waals surface area (Å²) in [5, 5.41) is 4.05. The number of nitrogens with zero attached hydrogens (tertiary/aromatic N) is 6. The van der Waals surface area contributed by atoms with Gasteiger partial charge in [-0.25, -0.2) is 14.6 Å². The number of likely N-dealkylation sites (tertiary alicyclic amines) is 1. The van der Waals surface area contributed by atoms with E-state index in [0.717, 1.165) is 18.4 Å². The van der Waals surface area contributed by atoms with Crippen LogP contribution in [0.1, 0.15) is 28.8 Å². The van der Waals surface area contributed by atoms with Crippen LogP contribution in [0, 0.1) is 0 Å². The SMILES string of the molecule is NC1=NS(=O)(=O)Nc2cccc(O/C=C3\CCCN(C(=O)c4ccnc(-n5cncn5)c4)C3)c21. The minimum atomic E-state index is -3.87. The molecule has 34 heavy (non-hydrogen) atoms. The van der Waals surface area contributed by atoms with Gasteiger partial charge in [-0.1, -0.05) is 6.07 Å². The quantitative estimate of drug-likeness (QED) is 0.528. The lowest BCUT2D eigenvalue weighted by atomic mass is 10.0. The molecular formula is C21H20N8O4S. The maximum Gasteiger partial charge on any atom is 0.344 e. The zero-order valence-corrected chi connectivity index (χ0v) is 18.6. The molecule has 5 rings (SSSR count). The predicted octanol–water partition coefficient (Wildman–Crippen LogP) is 1.24. The number of rotatable bonds is 4. The Bertz CT molecular complexity index is 1420. The molecule has 0 spiro atoms. The van der Waals surface area contributed by atoms with Crippen molar-refractivity contribution in [2.24, 2.45) is 10.1 Å². The molecule has 1 amide bonds. The van der Waals surface area contributed by atoms with Gasteiger partial charge in [0, 0.05) is 24.8 Å². The standard InChI is InChI=1S/C21H20N8O4S/c22-20-19-16(26-34(31,32)27-20)4-1-5-17(19)33-11-14-3-2-8-28(10-14)21(30)15-6-7-24-18(9-15)29-13-23-12-25-29/h1,4-7,9,11-13,26H,2-3,8,10H2,(H2,22,27)/b14-11+. The molecule has 1 saturated heterocycles. The molecule has 13 heteroatoms. The summed E-state index contributed by atoms with van der Waals surface area (Å²) in [4.78, 5) is 23.0. The van der Waals surface area contributed by atoms with Gasteiger partial charge in [0.05, 0.1) is 17.5 Å². The molecular weight excluding hydrogens is 460 g/mol. The van der Waals surface area contributed by atoms with E-state index in [4.69, 9.17) is 10.5 Å². The topological polar surface area (TPSA) is 158 Å². The van der Waals surface area contributed by atoms with E-state index in [1.165, 1.54) is 17.3 Å². The lowest BCUT2D eigenvalue weighted by molar-refractivity contribution is 0.0750. The summed E-state index contributed by atoms with van der Waals surface area (Å²) in [5.74, 6) is 0.591. The van der Waals surface area contributed by atoms with Crippen LogP contribution in [-0.4, -0.2) is 57.9 Å². The number of hydrogen-bond acceptors (Lipinski definition) is 8. The average molecular weight is 481 g/mol. The first-order valence-corrected chi connectivity index (χ1v) is 11.8. The second-order valence-corrected chi connectivity index (χ2v) is 9.04. The van der Waals surface area contributed by atoms with E-state index in [0.29, 0.717) is 41.5 Å². The highest BCUT2D eigenvalue weighted by Gasteiger charge is 2.25. The highest BCUT2D eigenvalue weighted by atomic mass is 32.2. The van der Waals surface area contributed by atoms with E-state index < -0.39 is 10.2 Å². The number of ether oxygens (including phenoxy) is 1. The van der Waals surface area contributed by atoms with Crippen molar-refractivity contribution in [2.75, 3.05) is 17.8 Å². The zero-order valence-electron chi connectivity index (χ0n) is 17.8. The van der Waals surface area contributed by atoms with E-state index in [1.807, 2.05) is 0 Å². The molecule has 2 aliphatic rings. The number of amides is 1. The van der Waals surface area contributed by atoms with Crippen LogP contribution in [0.25, 0.3) is 5.82 Å². The molecule has 2 aromatic heterocycles. The third-order valence-electron chi connectivity index (χ3n) is 5.35. The van der Waals surface area contributed by atoms with Gasteiger partial charge in [-0.2, -0.15) is 13.5 Å². The van der Waals surface area contributed by atoms with Gasteiger partial charge in [0.15, 0.2) is 11.7 Å². The van der Waals surface area contributed by atoms with Gasteiger partial charge in [0.25, 0.3) is 5.91 Å². The molecule has 3 aromatic rings. The van der Waals surface area contributed by atoms with Crippen LogP contribution in [0.2, 0.25) is 0 Å². The summed E-state index contributed by atoms with van der Waals surface area (Å²) >= 11 is 0. The van der Waals surface area contributed by atoms with Crippen molar-refractivity contribution < 1.29 is 17.9 Å². The Morgan fingerprint density at radius 2 is 2.15 bits per heavy atom. The van der Waals surface area contributed by atoms with Crippen LogP contribution >= 0.6 is 0 Å². The molecule has 0 aliphatic carbocycles. The Balaban J connectivity index is 1.33. The van der Waals surface area contributed by atoms with E-state index in [-0.39, 0.29) is 11.7 Å². The lowest BCUT2D eigenvalue weighted by Gasteiger charge is -2.28. The number of anilines is 1. The van der Waals surface area contributed by atoms with Gasteiger partial charge in [-0.15, -0.1) is 4.40 Å². The summed E-state index contributed by atoms with van der Waals surface area (Å²) in [6.07, 6.45) is 7.59. The summed E-state index contributed by atoms with van der Waals surface area (Å²) in [6.45, 7) is 1.00. The fourth-order valence-electron chi connectivity index (χ4n) is 3.82. The van der Waals surface area contributed by atoms with Gasteiger partial charge in [0.2, 0.25) is 0 Å². The number of carbonyl (C=O) groups is 1. The van der Waals surface area contributed by atoms with Crippen LogP contribution in [-0.2, 0) is 10.2 Å². The molecule has 1 fully saturated rings. The van der Waals surface area contributed by atoms with Crippen LogP contribution in [0.5, 0.6) is 5.75 Å². The van der Waals surface area contributed by atoms with Crippen molar-refractivity contribution >= 4 is 27.6 Å². The molecule has 0 radical (unpaired) electrons. The van der Waals surface area contributed by atoms with E-state index in [9.17, 15) is 13.2 Å². The van der Waals surface area contributed by atoms with Crippen molar-refractivity contribution in [2.45, 2.75) is 12.8 Å². The molecule has 0 saturated carbocycles. The Morgan fingerprint density at radius 1 is 1.26 bits per heavy atom. The highest BCUT2D eigenvalue weighted by Crippen LogP contribution is 2.31. The molecule has 12 nitrogen and oxygen atoms in total. The maximum atomic E-state index is 13.1. The fourth-order valence-corrected chi connectivity index (χ4v) is 4.66. The highest BCUT2D eigenvalue weighted by molar-refractivity contribution is 7.91. The summed E-state index contributed by atoms with van der Waals surface area (Å²) in [5.41, 5.74) is 7.94. The van der Waals surface area contributed by atoms with Crippen LogP contribution in [0.15, 0.2) is 65.4 Å². The molecule has 0 bridgehead atoms. The Kier molecular flexibility index (Phi) is 5.45. The van der Waals surface area contributed by atoms with Gasteiger partial charge >= 0.3 is 10.2 Å². The van der Waals surface area contributed by atoms with Crippen molar-refractivity contribution in [1.29, 1.82) is 0 Å². The predicted molar refractivity (Wildman–Crippen MR) is 123 cm³/mol. The summed E-state index contributed by atoms with van der Waals surface area (Å²) < 4.78 is 36.7. The molecule has 0 atom stereocenters. The number of nitrogens with one attached hydrogen (secondary N) is 1. The first-order chi connectivity index (χ1) is 16.4. The van der Waals surface area contributed by atoms with Crippen molar-refractivity contribution in [3.8, 4) is 11.6 Å². The van der Waals surface area contributed by atoms with Gasteiger partial charge in [-0.3, -0.25) is 9.52 Å². The number of aromatic nitrogens is 4. The molecule has 1 aromatic carbocycles. The molecule has 0 unspecified atom stereocenters. The van der Waals surface area contributed by atoms with Crippen LogP contribution < -0.4 is 15.2 Å². The summed E-state index contributed by atoms with van der Waals surface area (Å²) in [6, 6.07) is 8.24. The third kappa shape index (κ3) is 4.32. The zero-order chi connectivity index (χ0) is 23.7. The number of fused-ring (bicyclic) bond motifs is 1. The summed E-state index contributed by atoms with van der Waals surface area (Å²) in [7, 11) is -3.87. The Labute approximate surface area is 195 Å². The van der Waals surface area contributed by atoms with Crippen molar-refractivity contribution in [3.05, 3.63) is 72.1 Å². The number of piperidine rings is 1. The average Bonchev–Trinajstić information content (AvgIpc) is 3.37. The Morgan fingerprint density at radius 3 is 2.97 bits per heavy atom. The smallest absolute Gasteiger partial charge is 0.344 e. The fraction of sp³-hybridized carbons (Fsp3) is 0.190. The minimum absolute atomic E-state index is 0.128. The number of nitrogens with two attached hydrogens (primary N) is 1. The number of hydrogen-bond donors (Lipinski definition) is 2. The first-order valence-electron chi connectivity index (χ1n) is 10.4. The van der Waals surface area contributed by atoms with E-state index in [1.54, 1.807) is 47.7 Å². The van der Waals surface area contributed by atoms with E-state index in [2.05, 4.69) is 24.2 Å². The van der Waals surface area contributed by atoms with Gasteiger partial charge in [-0.05, 0) is 42.7 Å². The third-order valence-corrected chi connectivity index (χ3v) is 6.26. The van der Waals surface area contributed by atoms with Crippen LogP contribution in [0.4, 0.5) is 5.69 Å². The van der Waals surface area contributed by atoms with Crippen molar-refractivity contribution in [3.63, 3.8) is 0 Å². The van der Waals surface area contributed by atoms with Gasteiger partial charge < -0.3 is 15.4 Å². The number of benzene rings is 1. The molecule has 2 aliphatic heterocycles. The normalized spacial score (nSPS) is 18.1. The monoisotopic (exact) mass is 480 g/mol. The van der Waals surface area contributed by atoms with Crippen LogP contribution in [0.3, 0.4) is 0 Å². The lowest BCUT2D eigenvalue weighted by Crippen LogP contribution is -2.37. The first kappa shape index (κ1) is 21.6. The molecule has 3 N–H and O–H groups in total. The number of amidine groups is 1.